The van der Waals surface area contributed by atoms with E-state index < -0.39 is 0 Å². The molecule has 4 heteroatoms. The number of benzene rings is 2. The van der Waals surface area contributed by atoms with Gasteiger partial charge in [0, 0.05) is 28.6 Å². The molecule has 0 unspecified atom stereocenters. The maximum absolute atomic E-state index is 6.12. The summed E-state index contributed by atoms with van der Waals surface area (Å²) < 4.78 is 11.9. The van der Waals surface area contributed by atoms with Crippen LogP contribution in [0.1, 0.15) is 57.2 Å². The fourth-order valence-electron chi connectivity index (χ4n) is 4.47. The summed E-state index contributed by atoms with van der Waals surface area (Å²) in [5.41, 5.74) is 2.64. The monoisotopic (exact) mass is 415 g/mol. The Morgan fingerprint density at radius 1 is 1.14 bits per heavy atom. The summed E-state index contributed by atoms with van der Waals surface area (Å²) in [5.74, 6) is 1.49. The number of para-hydroxylation sites is 1. The van der Waals surface area contributed by atoms with Crippen molar-refractivity contribution in [2.75, 3.05) is 20.3 Å². The third-order valence-electron chi connectivity index (χ3n) is 6.35. The molecule has 0 spiro atoms. The highest BCUT2D eigenvalue weighted by Crippen LogP contribution is 2.45. The molecule has 158 valence electrons. The second kappa shape index (κ2) is 9.97. The lowest BCUT2D eigenvalue weighted by atomic mass is 9.68. The van der Waals surface area contributed by atoms with Crippen LogP contribution in [-0.4, -0.2) is 26.4 Å². The van der Waals surface area contributed by atoms with E-state index in [1.165, 1.54) is 11.1 Å². The largest absolute Gasteiger partial charge is 0.496 e. The van der Waals surface area contributed by atoms with Gasteiger partial charge in [0.25, 0.3) is 0 Å². The fourth-order valence-corrected chi connectivity index (χ4v) is 4.59. The number of methoxy groups -OCH3 is 1. The van der Waals surface area contributed by atoms with E-state index in [4.69, 9.17) is 21.1 Å². The van der Waals surface area contributed by atoms with Crippen LogP contribution in [0.25, 0.3) is 0 Å². The molecule has 0 aliphatic carbocycles. The minimum Gasteiger partial charge on any atom is -0.496 e. The Hall–Kier alpha value is -1.55. The van der Waals surface area contributed by atoms with Gasteiger partial charge in [-0.1, -0.05) is 55.8 Å². The standard InChI is InChI=1S/C25H34ClNO2/c1-18(2)24-17-25(14-16-29-24,22-7-5-6-8-23(22)28-4)13-15-27-19(3)20-9-11-21(26)12-10-20/h5-12,18-19,24,27H,13-17H2,1-4H3/t19-,24+,25-/m1/s1. The van der Waals surface area contributed by atoms with Crippen LogP contribution in [0.2, 0.25) is 5.02 Å². The lowest BCUT2D eigenvalue weighted by molar-refractivity contribution is -0.0474. The molecule has 0 amide bonds. The molecule has 1 fully saturated rings. The van der Waals surface area contributed by atoms with Gasteiger partial charge in [-0.25, -0.2) is 0 Å². The van der Waals surface area contributed by atoms with E-state index in [1.54, 1.807) is 7.11 Å². The molecule has 0 aromatic heterocycles. The van der Waals surface area contributed by atoms with Gasteiger partial charge in [0.2, 0.25) is 0 Å². The molecule has 3 nitrogen and oxygen atoms in total. The summed E-state index contributed by atoms with van der Waals surface area (Å²) in [4.78, 5) is 0. The summed E-state index contributed by atoms with van der Waals surface area (Å²) in [7, 11) is 1.77. The quantitative estimate of drug-likeness (QED) is 0.559. The molecule has 3 atom stereocenters. The lowest BCUT2D eigenvalue weighted by Gasteiger charge is -2.43. The van der Waals surface area contributed by atoms with E-state index in [2.05, 4.69) is 62.5 Å². The summed E-state index contributed by atoms with van der Waals surface area (Å²) >= 11 is 6.03. The van der Waals surface area contributed by atoms with Gasteiger partial charge in [0.15, 0.2) is 0 Å². The van der Waals surface area contributed by atoms with Crippen molar-refractivity contribution in [1.82, 2.24) is 5.32 Å². The summed E-state index contributed by atoms with van der Waals surface area (Å²) in [5, 5.41) is 4.49. The fraction of sp³-hybridized carbons (Fsp3) is 0.520. The highest BCUT2D eigenvalue weighted by molar-refractivity contribution is 6.30. The van der Waals surface area contributed by atoms with Crippen LogP contribution in [0.3, 0.4) is 0 Å². The average molecular weight is 416 g/mol. The van der Waals surface area contributed by atoms with Crippen LogP contribution in [0.15, 0.2) is 48.5 Å². The van der Waals surface area contributed by atoms with E-state index in [0.29, 0.717) is 5.92 Å². The zero-order chi connectivity index (χ0) is 20.9. The van der Waals surface area contributed by atoms with Crippen molar-refractivity contribution >= 4 is 11.6 Å². The summed E-state index contributed by atoms with van der Waals surface area (Å²) in [6, 6.07) is 16.9. The molecule has 0 radical (unpaired) electrons. The molecule has 1 saturated heterocycles. The van der Waals surface area contributed by atoms with Gasteiger partial charge >= 0.3 is 0 Å². The Morgan fingerprint density at radius 2 is 1.86 bits per heavy atom. The smallest absolute Gasteiger partial charge is 0.122 e. The Labute approximate surface area is 180 Å². The molecule has 2 aromatic rings. The highest BCUT2D eigenvalue weighted by atomic mass is 35.5. The second-order valence-corrected chi connectivity index (χ2v) is 9.00. The van der Waals surface area contributed by atoms with Crippen LogP contribution in [0, 0.1) is 5.92 Å². The molecular formula is C25H34ClNO2. The van der Waals surface area contributed by atoms with E-state index in [-0.39, 0.29) is 17.6 Å². The van der Waals surface area contributed by atoms with Gasteiger partial charge < -0.3 is 14.8 Å². The second-order valence-electron chi connectivity index (χ2n) is 8.57. The molecule has 0 saturated carbocycles. The van der Waals surface area contributed by atoms with Gasteiger partial charge in [-0.2, -0.15) is 0 Å². The summed E-state index contributed by atoms with van der Waals surface area (Å²) in [6.45, 7) is 8.45. The average Bonchev–Trinajstić information content (AvgIpc) is 2.74. The van der Waals surface area contributed by atoms with Crippen LogP contribution in [0.5, 0.6) is 5.75 Å². The van der Waals surface area contributed by atoms with Crippen molar-refractivity contribution in [3.8, 4) is 5.75 Å². The minimum absolute atomic E-state index is 0.0620. The minimum atomic E-state index is 0.0620. The van der Waals surface area contributed by atoms with Crippen molar-refractivity contribution in [2.24, 2.45) is 5.92 Å². The predicted octanol–water partition coefficient (Wildman–Crippen LogP) is 6.16. The molecule has 1 N–H and O–H groups in total. The van der Waals surface area contributed by atoms with E-state index in [0.717, 1.165) is 43.2 Å². The molecule has 1 aliphatic heterocycles. The molecule has 2 aromatic carbocycles. The number of hydrogen-bond acceptors (Lipinski definition) is 3. The normalized spacial score (nSPS) is 23.2. The Bertz CT molecular complexity index is 777. The first-order chi connectivity index (χ1) is 13.9. The molecule has 1 heterocycles. The SMILES string of the molecule is COc1ccccc1[C@]1(CCN[C@H](C)c2ccc(Cl)cc2)CCO[C@H](C(C)C)C1. The maximum Gasteiger partial charge on any atom is 0.122 e. The van der Waals surface area contributed by atoms with Gasteiger partial charge in [0.1, 0.15) is 5.75 Å². The van der Waals surface area contributed by atoms with Crippen molar-refractivity contribution < 1.29 is 9.47 Å². The first kappa shape index (κ1) is 22.1. The van der Waals surface area contributed by atoms with E-state index >= 15 is 0 Å². The lowest BCUT2D eigenvalue weighted by Crippen LogP contribution is -2.43. The van der Waals surface area contributed by atoms with Crippen molar-refractivity contribution in [3.63, 3.8) is 0 Å². The predicted molar refractivity (Wildman–Crippen MR) is 121 cm³/mol. The number of rotatable bonds is 8. The van der Waals surface area contributed by atoms with E-state index in [1.807, 2.05) is 12.1 Å². The molecule has 1 aliphatic rings. The van der Waals surface area contributed by atoms with Gasteiger partial charge in [-0.15, -0.1) is 0 Å². The zero-order valence-electron chi connectivity index (χ0n) is 18.1. The molecule has 3 rings (SSSR count). The van der Waals surface area contributed by atoms with Gasteiger partial charge in [-0.3, -0.25) is 0 Å². The third kappa shape index (κ3) is 5.33. The number of halogens is 1. The van der Waals surface area contributed by atoms with Gasteiger partial charge in [0.05, 0.1) is 13.2 Å². The Balaban J connectivity index is 1.77. The van der Waals surface area contributed by atoms with Gasteiger partial charge in [-0.05, 0) is 62.4 Å². The third-order valence-corrected chi connectivity index (χ3v) is 6.60. The van der Waals surface area contributed by atoms with Crippen LogP contribution in [0.4, 0.5) is 0 Å². The summed E-state index contributed by atoms with van der Waals surface area (Å²) in [6.07, 6.45) is 3.38. The zero-order valence-corrected chi connectivity index (χ0v) is 18.8. The number of ether oxygens (including phenoxy) is 2. The van der Waals surface area contributed by atoms with Crippen LogP contribution in [-0.2, 0) is 10.2 Å². The maximum atomic E-state index is 6.12. The first-order valence-corrected chi connectivity index (χ1v) is 11.1. The topological polar surface area (TPSA) is 30.5 Å². The van der Waals surface area contributed by atoms with Crippen molar-refractivity contribution in [1.29, 1.82) is 0 Å². The molecular weight excluding hydrogens is 382 g/mol. The number of hydrogen-bond donors (Lipinski definition) is 1. The van der Waals surface area contributed by atoms with E-state index in [9.17, 15) is 0 Å². The Morgan fingerprint density at radius 3 is 2.55 bits per heavy atom. The Kier molecular flexibility index (Phi) is 7.61. The first-order valence-electron chi connectivity index (χ1n) is 10.7. The molecule has 0 bridgehead atoms. The molecule has 29 heavy (non-hydrogen) atoms. The highest BCUT2D eigenvalue weighted by Gasteiger charge is 2.40. The van der Waals surface area contributed by atoms with Crippen molar-refractivity contribution in [2.45, 2.75) is 57.6 Å². The van der Waals surface area contributed by atoms with Crippen molar-refractivity contribution in [3.05, 3.63) is 64.7 Å². The van der Waals surface area contributed by atoms with Crippen LogP contribution >= 0.6 is 11.6 Å². The van der Waals surface area contributed by atoms with Crippen LogP contribution < -0.4 is 10.1 Å². The number of nitrogens with one attached hydrogen (secondary N) is 1.